The highest BCUT2D eigenvalue weighted by Crippen LogP contribution is 2.35. The van der Waals surface area contributed by atoms with Crippen LogP contribution in [0.25, 0.3) is 11.1 Å². The number of nitrogens with two attached hydrogens (primary N) is 1. The predicted octanol–water partition coefficient (Wildman–Crippen LogP) is 1.51. The van der Waals surface area contributed by atoms with E-state index in [1.54, 1.807) is 18.2 Å². The summed E-state index contributed by atoms with van der Waals surface area (Å²) in [4.78, 5) is 40.2. The van der Waals surface area contributed by atoms with Gasteiger partial charge in [-0.1, -0.05) is 18.2 Å². The Morgan fingerprint density at radius 1 is 1.10 bits per heavy atom. The van der Waals surface area contributed by atoms with Gasteiger partial charge in [-0.15, -0.1) is 0 Å². The van der Waals surface area contributed by atoms with Crippen molar-refractivity contribution >= 4 is 17.8 Å². The number of carboxylic acid groups (broad SMARTS) is 2. The summed E-state index contributed by atoms with van der Waals surface area (Å²) in [5.74, 6) is -3.15. The van der Waals surface area contributed by atoms with Crippen LogP contribution in [0.15, 0.2) is 29.1 Å². The first-order valence-corrected chi connectivity index (χ1v) is 9.94. The summed E-state index contributed by atoms with van der Waals surface area (Å²) >= 11 is 0. The predicted molar refractivity (Wildman–Crippen MR) is 113 cm³/mol. The number of ether oxygens (including phenoxy) is 2. The highest BCUT2D eigenvalue weighted by atomic mass is 16.5. The number of morpholine rings is 1. The highest BCUT2D eigenvalue weighted by Gasteiger charge is 2.28. The number of unbranched alkanes of at least 4 members (excludes halogenated alkanes) is 1. The van der Waals surface area contributed by atoms with E-state index in [4.69, 9.17) is 15.2 Å². The van der Waals surface area contributed by atoms with Crippen LogP contribution in [-0.4, -0.2) is 71.5 Å². The first kappa shape index (κ1) is 22.3. The number of hydrogen-bond acceptors (Lipinski definition) is 7. The standard InChI is InChI=1S/C21H25N3O7/c22-18-16(20(26)27)15(17(21(28)29)19(25)23-18)13-5-1-2-6-14(13)31-10-4-3-7-24-8-11-30-12-9-24/h1-2,5-6H,3-4,7-12H2,(H,26,27)(H,28,29)(H3,22,23,25). The second-order valence-corrected chi connectivity index (χ2v) is 7.11. The van der Waals surface area contributed by atoms with Crippen molar-refractivity contribution in [3.63, 3.8) is 0 Å². The molecule has 0 unspecified atom stereocenters. The maximum atomic E-state index is 12.2. The van der Waals surface area contributed by atoms with Gasteiger partial charge >= 0.3 is 11.9 Å². The molecule has 0 radical (unpaired) electrons. The van der Waals surface area contributed by atoms with E-state index in [2.05, 4.69) is 9.88 Å². The molecule has 1 saturated heterocycles. The Kier molecular flexibility index (Phi) is 7.27. The van der Waals surface area contributed by atoms with E-state index in [0.717, 1.165) is 45.7 Å². The van der Waals surface area contributed by atoms with E-state index in [9.17, 15) is 24.6 Å². The lowest BCUT2D eigenvalue weighted by molar-refractivity contribution is 0.0368. The van der Waals surface area contributed by atoms with Gasteiger partial charge in [0.05, 0.1) is 19.8 Å². The second-order valence-electron chi connectivity index (χ2n) is 7.11. The number of aromatic nitrogens is 1. The maximum Gasteiger partial charge on any atom is 0.342 e. The largest absolute Gasteiger partial charge is 0.493 e. The number of anilines is 1. The van der Waals surface area contributed by atoms with Crippen molar-refractivity contribution < 1.29 is 29.3 Å². The molecule has 2 heterocycles. The Balaban J connectivity index is 1.83. The highest BCUT2D eigenvalue weighted by molar-refractivity contribution is 6.08. The molecule has 3 rings (SSSR count). The van der Waals surface area contributed by atoms with Crippen molar-refractivity contribution in [2.75, 3.05) is 45.2 Å². The van der Waals surface area contributed by atoms with Crippen LogP contribution >= 0.6 is 0 Å². The van der Waals surface area contributed by atoms with E-state index in [1.165, 1.54) is 6.07 Å². The Hall–Kier alpha value is -3.37. The van der Waals surface area contributed by atoms with Gasteiger partial charge in [0.15, 0.2) is 0 Å². The number of H-pyrrole nitrogens is 1. The topological polar surface area (TPSA) is 155 Å². The van der Waals surface area contributed by atoms with Gasteiger partial charge in [-0.3, -0.25) is 9.69 Å². The number of nitrogens with one attached hydrogen (secondary N) is 1. The minimum atomic E-state index is -1.56. The number of aromatic amines is 1. The van der Waals surface area contributed by atoms with Crippen molar-refractivity contribution in [2.45, 2.75) is 12.8 Å². The van der Waals surface area contributed by atoms with Gasteiger partial charge in [0.1, 0.15) is 22.7 Å². The molecule has 2 aromatic rings. The summed E-state index contributed by atoms with van der Waals surface area (Å²) in [6.45, 7) is 4.56. The normalized spacial score (nSPS) is 14.3. The molecule has 166 valence electrons. The van der Waals surface area contributed by atoms with E-state index < -0.39 is 34.4 Å². The maximum absolute atomic E-state index is 12.2. The summed E-state index contributed by atoms with van der Waals surface area (Å²) in [7, 11) is 0. The minimum absolute atomic E-state index is 0.184. The number of aromatic carboxylic acids is 2. The molecule has 5 N–H and O–H groups in total. The molecular weight excluding hydrogens is 406 g/mol. The molecule has 0 saturated carbocycles. The lowest BCUT2D eigenvalue weighted by atomic mass is 9.94. The first-order chi connectivity index (χ1) is 14.9. The molecule has 10 heteroatoms. The third kappa shape index (κ3) is 5.22. The third-order valence-electron chi connectivity index (χ3n) is 5.06. The van der Waals surface area contributed by atoms with Crippen LogP contribution in [0.5, 0.6) is 5.75 Å². The van der Waals surface area contributed by atoms with Crippen molar-refractivity contribution in [3.8, 4) is 16.9 Å². The van der Waals surface area contributed by atoms with Gasteiger partial charge in [-0.05, 0) is 25.5 Å². The molecule has 1 aliphatic rings. The summed E-state index contributed by atoms with van der Waals surface area (Å²) in [6, 6.07) is 6.40. The molecule has 0 amide bonds. The summed E-state index contributed by atoms with van der Waals surface area (Å²) in [6.07, 6.45) is 1.65. The zero-order chi connectivity index (χ0) is 22.4. The van der Waals surface area contributed by atoms with Crippen LogP contribution in [-0.2, 0) is 4.74 Å². The van der Waals surface area contributed by atoms with E-state index >= 15 is 0 Å². The Morgan fingerprint density at radius 2 is 1.77 bits per heavy atom. The molecule has 0 bridgehead atoms. The van der Waals surface area contributed by atoms with Gasteiger partial charge in [-0.2, -0.15) is 0 Å². The molecule has 1 aliphatic heterocycles. The Labute approximate surface area is 178 Å². The van der Waals surface area contributed by atoms with Crippen LogP contribution < -0.4 is 16.0 Å². The van der Waals surface area contributed by atoms with Crippen molar-refractivity contribution in [2.24, 2.45) is 0 Å². The van der Waals surface area contributed by atoms with Gasteiger partial charge in [0.25, 0.3) is 5.56 Å². The van der Waals surface area contributed by atoms with Crippen LogP contribution in [0.4, 0.5) is 5.82 Å². The van der Waals surface area contributed by atoms with Crippen molar-refractivity contribution in [3.05, 3.63) is 45.7 Å². The minimum Gasteiger partial charge on any atom is -0.493 e. The number of nitrogen functional groups attached to an aromatic ring is 1. The molecule has 1 fully saturated rings. The van der Waals surface area contributed by atoms with Gasteiger partial charge < -0.3 is 30.4 Å². The number of benzene rings is 1. The fourth-order valence-electron chi connectivity index (χ4n) is 3.56. The van der Waals surface area contributed by atoms with Gasteiger partial charge in [0, 0.05) is 24.2 Å². The van der Waals surface area contributed by atoms with Crippen molar-refractivity contribution in [1.29, 1.82) is 0 Å². The molecule has 31 heavy (non-hydrogen) atoms. The lowest BCUT2D eigenvalue weighted by Crippen LogP contribution is -2.36. The quantitative estimate of drug-likeness (QED) is 0.432. The van der Waals surface area contributed by atoms with Crippen LogP contribution in [0, 0.1) is 0 Å². The molecular formula is C21H25N3O7. The Morgan fingerprint density at radius 3 is 2.45 bits per heavy atom. The zero-order valence-corrected chi connectivity index (χ0v) is 16.9. The fourth-order valence-corrected chi connectivity index (χ4v) is 3.56. The third-order valence-corrected chi connectivity index (χ3v) is 5.06. The monoisotopic (exact) mass is 431 g/mol. The number of para-hydroxylation sites is 1. The molecule has 10 nitrogen and oxygen atoms in total. The van der Waals surface area contributed by atoms with Crippen LogP contribution in [0.1, 0.15) is 33.6 Å². The number of pyridine rings is 1. The number of nitrogens with zero attached hydrogens (tertiary/aromatic N) is 1. The number of rotatable bonds is 9. The van der Waals surface area contributed by atoms with Gasteiger partial charge in [0.2, 0.25) is 0 Å². The number of carbonyl (C=O) groups is 2. The van der Waals surface area contributed by atoms with E-state index in [0.29, 0.717) is 6.61 Å². The number of carboxylic acids is 2. The summed E-state index contributed by atoms with van der Waals surface area (Å²) < 4.78 is 11.2. The zero-order valence-electron chi connectivity index (χ0n) is 16.9. The van der Waals surface area contributed by atoms with Crippen LogP contribution in [0.2, 0.25) is 0 Å². The summed E-state index contributed by atoms with van der Waals surface area (Å²) in [5, 5.41) is 19.2. The fraction of sp³-hybridized carbons (Fsp3) is 0.381. The molecule has 0 spiro atoms. The SMILES string of the molecule is Nc1[nH]c(=O)c(C(=O)O)c(-c2ccccc2OCCCCN2CCOCC2)c1C(=O)O. The Bertz CT molecular complexity index is 1010. The van der Waals surface area contributed by atoms with E-state index in [1.807, 2.05) is 0 Å². The first-order valence-electron chi connectivity index (χ1n) is 9.94. The molecule has 1 aromatic carbocycles. The van der Waals surface area contributed by atoms with Gasteiger partial charge in [-0.25, -0.2) is 9.59 Å². The number of hydrogen-bond donors (Lipinski definition) is 4. The molecule has 0 atom stereocenters. The second kappa shape index (κ2) is 10.1. The molecule has 1 aromatic heterocycles. The van der Waals surface area contributed by atoms with Crippen molar-refractivity contribution in [1.82, 2.24) is 9.88 Å². The smallest absolute Gasteiger partial charge is 0.342 e. The van der Waals surface area contributed by atoms with Crippen LogP contribution in [0.3, 0.4) is 0 Å². The summed E-state index contributed by atoms with van der Waals surface area (Å²) in [5.41, 5.74) is 3.45. The average molecular weight is 431 g/mol. The molecule has 0 aliphatic carbocycles. The average Bonchev–Trinajstić information content (AvgIpc) is 2.73. The lowest BCUT2D eigenvalue weighted by Gasteiger charge is -2.26. The van der Waals surface area contributed by atoms with E-state index in [-0.39, 0.29) is 16.9 Å².